The van der Waals surface area contributed by atoms with Gasteiger partial charge in [0.25, 0.3) is 0 Å². The molecule has 41 heavy (non-hydrogen) atoms. The van der Waals surface area contributed by atoms with Gasteiger partial charge in [-0.05, 0) is 46.5 Å². The standard InChI is InChI=1S/C31H26F6N2O2/c32-30(33,34)29(40)20-39-27-12-5-4-11-26(27)38(18-21-7-6-10-25(17-21)41-31(35,36)37)19-28(39)24-15-13-23(14-16-24)22-8-2-1-3-9-22/h1-17,28-29,40H,18-20H2/t28-,29+/m0/s1. The fourth-order valence-corrected chi connectivity index (χ4v) is 5.09. The summed E-state index contributed by atoms with van der Waals surface area (Å²) in [6, 6.07) is 29.0. The third kappa shape index (κ3) is 6.77. The largest absolute Gasteiger partial charge is 0.573 e. The maximum Gasteiger partial charge on any atom is 0.573 e. The molecule has 0 aliphatic carbocycles. The number of nitrogens with zero attached hydrogens (tertiary/aromatic N) is 2. The zero-order valence-corrected chi connectivity index (χ0v) is 21.6. The number of halogens is 6. The van der Waals surface area contributed by atoms with Crippen molar-refractivity contribution in [2.24, 2.45) is 0 Å². The predicted octanol–water partition coefficient (Wildman–Crippen LogP) is 7.74. The lowest BCUT2D eigenvalue weighted by Crippen LogP contribution is -2.49. The predicted molar refractivity (Wildman–Crippen MR) is 145 cm³/mol. The van der Waals surface area contributed by atoms with Crippen molar-refractivity contribution in [3.63, 3.8) is 0 Å². The lowest BCUT2D eigenvalue weighted by Gasteiger charge is -2.45. The molecule has 10 heteroatoms. The number of hydrogen-bond donors (Lipinski definition) is 1. The second-order valence-corrected chi connectivity index (χ2v) is 9.78. The number of fused-ring (bicyclic) bond motifs is 1. The molecule has 1 N–H and O–H groups in total. The number of aliphatic hydroxyl groups is 1. The van der Waals surface area contributed by atoms with Gasteiger partial charge in [-0.1, -0.05) is 78.9 Å². The van der Waals surface area contributed by atoms with Crippen LogP contribution in [0.25, 0.3) is 11.1 Å². The molecule has 0 saturated carbocycles. The summed E-state index contributed by atoms with van der Waals surface area (Å²) >= 11 is 0. The van der Waals surface area contributed by atoms with Crippen molar-refractivity contribution in [2.45, 2.75) is 31.2 Å². The van der Waals surface area contributed by atoms with E-state index in [1.54, 1.807) is 35.2 Å². The highest BCUT2D eigenvalue weighted by Gasteiger charge is 2.42. The van der Waals surface area contributed by atoms with E-state index in [0.717, 1.165) is 16.7 Å². The maximum atomic E-state index is 13.5. The Kier molecular flexibility index (Phi) is 7.86. The van der Waals surface area contributed by atoms with Crippen LogP contribution in [0.2, 0.25) is 0 Å². The van der Waals surface area contributed by atoms with E-state index in [0.29, 0.717) is 16.9 Å². The summed E-state index contributed by atoms with van der Waals surface area (Å²) in [6.07, 6.45) is -12.2. The molecule has 2 atom stereocenters. The van der Waals surface area contributed by atoms with E-state index < -0.39 is 31.2 Å². The maximum absolute atomic E-state index is 13.5. The summed E-state index contributed by atoms with van der Waals surface area (Å²) < 4.78 is 82.9. The molecule has 0 unspecified atom stereocenters. The van der Waals surface area contributed by atoms with Crippen molar-refractivity contribution < 1.29 is 36.2 Å². The second-order valence-electron chi connectivity index (χ2n) is 9.78. The monoisotopic (exact) mass is 572 g/mol. The van der Waals surface area contributed by atoms with E-state index >= 15 is 0 Å². The third-order valence-electron chi connectivity index (χ3n) is 6.96. The summed E-state index contributed by atoms with van der Waals surface area (Å²) in [4.78, 5) is 3.46. The molecule has 0 radical (unpaired) electrons. The van der Waals surface area contributed by atoms with Gasteiger partial charge in [-0.2, -0.15) is 13.2 Å². The number of para-hydroxylation sites is 2. The van der Waals surface area contributed by atoms with Gasteiger partial charge in [-0.3, -0.25) is 0 Å². The average Bonchev–Trinajstić information content (AvgIpc) is 2.93. The van der Waals surface area contributed by atoms with E-state index in [-0.39, 0.29) is 18.8 Å². The Morgan fingerprint density at radius 1 is 0.756 bits per heavy atom. The van der Waals surface area contributed by atoms with Crippen LogP contribution in [0, 0.1) is 0 Å². The fourth-order valence-electron chi connectivity index (χ4n) is 5.09. The third-order valence-corrected chi connectivity index (χ3v) is 6.96. The zero-order valence-electron chi connectivity index (χ0n) is 21.6. The van der Waals surface area contributed by atoms with E-state index in [2.05, 4.69) is 4.74 Å². The number of ether oxygens (including phenoxy) is 1. The average molecular weight is 573 g/mol. The van der Waals surface area contributed by atoms with Crippen LogP contribution >= 0.6 is 0 Å². The number of rotatable bonds is 7. The van der Waals surface area contributed by atoms with Gasteiger partial charge in [0, 0.05) is 13.1 Å². The summed E-state index contributed by atoms with van der Waals surface area (Å²) in [5.74, 6) is -0.358. The molecule has 0 aromatic heterocycles. The van der Waals surface area contributed by atoms with Crippen LogP contribution in [0.1, 0.15) is 17.2 Å². The molecular formula is C31H26F6N2O2. The zero-order chi connectivity index (χ0) is 29.2. The molecule has 1 heterocycles. The second kappa shape index (κ2) is 11.4. The molecular weight excluding hydrogens is 546 g/mol. The quantitative estimate of drug-likeness (QED) is 0.230. The molecule has 214 valence electrons. The molecule has 0 amide bonds. The smallest absolute Gasteiger partial charge is 0.406 e. The summed E-state index contributed by atoms with van der Waals surface area (Å²) in [6.45, 7) is -0.286. The van der Waals surface area contributed by atoms with Crippen molar-refractivity contribution in [2.75, 3.05) is 22.9 Å². The Morgan fingerprint density at radius 2 is 1.39 bits per heavy atom. The Morgan fingerprint density at radius 3 is 2.05 bits per heavy atom. The topological polar surface area (TPSA) is 35.9 Å². The molecule has 4 aromatic carbocycles. The van der Waals surface area contributed by atoms with Crippen LogP contribution in [-0.4, -0.2) is 36.8 Å². The Labute approximate surface area is 233 Å². The van der Waals surface area contributed by atoms with Crippen LogP contribution in [0.3, 0.4) is 0 Å². The van der Waals surface area contributed by atoms with E-state index in [9.17, 15) is 31.4 Å². The summed E-state index contributed by atoms with van der Waals surface area (Å²) in [7, 11) is 0. The minimum Gasteiger partial charge on any atom is -0.406 e. The molecule has 0 bridgehead atoms. The molecule has 0 spiro atoms. The van der Waals surface area contributed by atoms with Crippen molar-refractivity contribution in [1.29, 1.82) is 0 Å². The van der Waals surface area contributed by atoms with Gasteiger partial charge in [0.1, 0.15) is 5.75 Å². The number of aliphatic hydroxyl groups excluding tert-OH is 1. The minimum absolute atomic E-state index is 0.181. The van der Waals surface area contributed by atoms with Crippen molar-refractivity contribution >= 4 is 11.4 Å². The van der Waals surface area contributed by atoms with Crippen LogP contribution < -0.4 is 14.5 Å². The lowest BCUT2D eigenvalue weighted by atomic mass is 9.96. The van der Waals surface area contributed by atoms with Crippen LogP contribution in [0.5, 0.6) is 5.75 Å². The molecule has 4 nitrogen and oxygen atoms in total. The number of anilines is 2. The van der Waals surface area contributed by atoms with E-state index in [4.69, 9.17) is 0 Å². The Bertz CT molecular complexity index is 1460. The summed E-state index contributed by atoms with van der Waals surface area (Å²) in [5, 5.41) is 10.1. The highest BCUT2D eigenvalue weighted by atomic mass is 19.4. The summed E-state index contributed by atoms with van der Waals surface area (Å²) in [5.41, 5.74) is 4.25. The van der Waals surface area contributed by atoms with Gasteiger partial charge < -0.3 is 19.6 Å². The number of alkyl halides is 6. The number of benzene rings is 4. The highest BCUT2D eigenvalue weighted by molar-refractivity contribution is 5.75. The first-order valence-electron chi connectivity index (χ1n) is 12.8. The van der Waals surface area contributed by atoms with Gasteiger partial charge in [0.05, 0.1) is 24.0 Å². The molecule has 0 saturated heterocycles. The van der Waals surface area contributed by atoms with Crippen molar-refractivity contribution in [3.05, 3.63) is 114 Å². The van der Waals surface area contributed by atoms with Gasteiger partial charge in [-0.15, -0.1) is 13.2 Å². The normalized spacial score (nSPS) is 16.3. The highest BCUT2D eigenvalue weighted by Crippen LogP contribution is 2.43. The fraction of sp³-hybridized carbons (Fsp3) is 0.226. The first kappa shape index (κ1) is 28.4. The van der Waals surface area contributed by atoms with Crippen LogP contribution in [0.4, 0.5) is 37.7 Å². The molecule has 1 aliphatic rings. The van der Waals surface area contributed by atoms with Crippen molar-refractivity contribution in [3.8, 4) is 16.9 Å². The lowest BCUT2D eigenvalue weighted by molar-refractivity contribution is -0.274. The number of hydrogen-bond acceptors (Lipinski definition) is 4. The van der Waals surface area contributed by atoms with Gasteiger partial charge >= 0.3 is 12.5 Å². The number of β-amino-alcohol motifs (C(OH)–C–C–N with tert-alkyl or cyclic N) is 1. The first-order valence-corrected chi connectivity index (χ1v) is 12.8. The Balaban J connectivity index is 1.51. The SMILES string of the molecule is O[C@H](CN1c2ccccc2N(Cc2cccc(OC(F)(F)F)c2)C[C@H]1c1ccc(-c2ccccc2)cc1)C(F)(F)F. The first-order chi connectivity index (χ1) is 19.5. The minimum atomic E-state index is -4.84. The molecule has 4 aromatic rings. The van der Waals surface area contributed by atoms with Gasteiger partial charge in [0.2, 0.25) is 0 Å². The van der Waals surface area contributed by atoms with Crippen LogP contribution in [-0.2, 0) is 6.54 Å². The van der Waals surface area contributed by atoms with E-state index in [1.165, 1.54) is 18.2 Å². The molecule has 5 rings (SSSR count). The molecule has 1 aliphatic heterocycles. The van der Waals surface area contributed by atoms with Crippen molar-refractivity contribution in [1.82, 2.24) is 0 Å². The van der Waals surface area contributed by atoms with Gasteiger partial charge in [0.15, 0.2) is 6.10 Å². The molecule has 0 fully saturated rings. The van der Waals surface area contributed by atoms with Gasteiger partial charge in [-0.25, -0.2) is 0 Å². The van der Waals surface area contributed by atoms with E-state index in [1.807, 2.05) is 59.5 Å². The Hall–Kier alpha value is -4.18. The van der Waals surface area contributed by atoms with Crippen LogP contribution in [0.15, 0.2) is 103 Å².